The first-order valence-corrected chi connectivity index (χ1v) is 10.5. The summed E-state index contributed by atoms with van der Waals surface area (Å²) in [5, 5.41) is 0. The smallest absolute Gasteiger partial charge is 0.226 e. The lowest BCUT2D eigenvalue weighted by Gasteiger charge is -2.41. The highest BCUT2D eigenvalue weighted by atomic mass is 19.1. The van der Waals surface area contributed by atoms with Crippen molar-refractivity contribution in [1.82, 2.24) is 14.8 Å². The first-order valence-electron chi connectivity index (χ1n) is 10.5. The minimum Gasteiger partial charge on any atom is -0.309 e. The Hall–Kier alpha value is -2.31. The molecule has 0 N–H and O–H groups in total. The largest absolute Gasteiger partial charge is 0.309 e. The molecule has 29 heavy (non-hydrogen) atoms. The Morgan fingerprint density at radius 2 is 1.86 bits per heavy atom. The molecule has 1 saturated heterocycles. The maximum absolute atomic E-state index is 13.7. The lowest BCUT2D eigenvalue weighted by Crippen LogP contribution is -2.55. The molecule has 154 valence electrons. The van der Waals surface area contributed by atoms with Gasteiger partial charge < -0.3 is 4.90 Å². The van der Waals surface area contributed by atoms with Gasteiger partial charge in [0.15, 0.2) is 0 Å². The zero-order chi connectivity index (χ0) is 20.3. The molecule has 0 spiro atoms. The van der Waals surface area contributed by atoms with Gasteiger partial charge in [-0.1, -0.05) is 37.3 Å². The van der Waals surface area contributed by atoms with Crippen molar-refractivity contribution in [3.8, 4) is 0 Å². The number of amides is 1. The van der Waals surface area contributed by atoms with Crippen molar-refractivity contribution in [2.75, 3.05) is 37.6 Å². The van der Waals surface area contributed by atoms with Crippen LogP contribution in [-0.2, 0) is 11.3 Å². The minimum absolute atomic E-state index is 0.0198. The molecule has 1 aromatic carbocycles. The summed E-state index contributed by atoms with van der Waals surface area (Å²) in [6.07, 6.45) is 5.34. The predicted octanol–water partition coefficient (Wildman–Crippen LogP) is 3.31. The van der Waals surface area contributed by atoms with Crippen LogP contribution in [0, 0.1) is 5.82 Å². The summed E-state index contributed by atoms with van der Waals surface area (Å²) >= 11 is 0. The minimum atomic E-state index is -0.407. The van der Waals surface area contributed by atoms with E-state index < -0.39 is 5.82 Å². The van der Waals surface area contributed by atoms with Gasteiger partial charge in [-0.3, -0.25) is 19.6 Å². The molecule has 1 aromatic heterocycles. The Labute approximate surface area is 172 Å². The molecule has 0 unspecified atom stereocenters. The number of piperazine rings is 1. The third-order valence-corrected chi connectivity index (χ3v) is 6.18. The molecule has 5 nitrogen and oxygen atoms in total. The van der Waals surface area contributed by atoms with Gasteiger partial charge in [0, 0.05) is 57.3 Å². The fourth-order valence-corrected chi connectivity index (χ4v) is 4.30. The average molecular weight is 397 g/mol. The number of carbonyl (C=O) groups excluding carboxylic acids is 1. The van der Waals surface area contributed by atoms with E-state index in [0.29, 0.717) is 18.7 Å². The van der Waals surface area contributed by atoms with E-state index in [1.807, 2.05) is 6.92 Å². The number of pyridine rings is 1. The maximum atomic E-state index is 13.7. The van der Waals surface area contributed by atoms with Gasteiger partial charge in [-0.25, -0.2) is 4.39 Å². The van der Waals surface area contributed by atoms with E-state index in [-0.39, 0.29) is 11.4 Å². The van der Waals surface area contributed by atoms with E-state index in [1.165, 1.54) is 17.8 Å². The second-order valence-corrected chi connectivity index (χ2v) is 8.17. The number of carbonyl (C=O) groups is 1. The normalized spacial score (nSPS) is 19.1. The van der Waals surface area contributed by atoms with Crippen molar-refractivity contribution in [2.45, 2.75) is 38.3 Å². The maximum Gasteiger partial charge on any atom is 0.226 e. The number of hydrogen-bond donors (Lipinski definition) is 0. The van der Waals surface area contributed by atoms with Crippen molar-refractivity contribution >= 4 is 11.6 Å². The number of rotatable bonds is 7. The zero-order valence-electron chi connectivity index (χ0n) is 17.1. The van der Waals surface area contributed by atoms with Gasteiger partial charge in [-0.05, 0) is 18.4 Å². The highest BCUT2D eigenvalue weighted by Crippen LogP contribution is 2.43. The first kappa shape index (κ1) is 20.0. The molecule has 6 heteroatoms. The Kier molecular flexibility index (Phi) is 5.92. The second kappa shape index (κ2) is 8.59. The quantitative estimate of drug-likeness (QED) is 0.720. The second-order valence-electron chi connectivity index (χ2n) is 8.17. The Balaban J connectivity index is 1.40. The lowest BCUT2D eigenvalue weighted by atomic mass is 10.1. The summed E-state index contributed by atoms with van der Waals surface area (Å²) in [7, 11) is 0. The Bertz CT molecular complexity index is 832. The molecule has 1 amide bonds. The van der Waals surface area contributed by atoms with Crippen LogP contribution < -0.4 is 4.90 Å². The fourth-order valence-electron chi connectivity index (χ4n) is 4.30. The topological polar surface area (TPSA) is 39.7 Å². The summed E-state index contributed by atoms with van der Waals surface area (Å²) in [5.41, 5.74) is 1.93. The van der Waals surface area contributed by atoms with Crippen LogP contribution >= 0.6 is 0 Å². The summed E-state index contributed by atoms with van der Waals surface area (Å²) in [5.74, 6) is -0.387. The van der Waals surface area contributed by atoms with Gasteiger partial charge in [-0.15, -0.1) is 0 Å². The van der Waals surface area contributed by atoms with Crippen LogP contribution in [-0.4, -0.2) is 59.0 Å². The lowest BCUT2D eigenvalue weighted by molar-refractivity contribution is -0.118. The molecule has 4 rings (SSSR count). The van der Waals surface area contributed by atoms with E-state index in [9.17, 15) is 9.18 Å². The molecular formula is C23H29FN4O. The number of hydrogen-bond acceptors (Lipinski definition) is 4. The van der Waals surface area contributed by atoms with Gasteiger partial charge in [-0.2, -0.15) is 0 Å². The van der Waals surface area contributed by atoms with Gasteiger partial charge in [0.1, 0.15) is 5.82 Å². The molecule has 1 aliphatic heterocycles. The molecule has 2 heterocycles. The van der Waals surface area contributed by atoms with E-state index in [1.54, 1.807) is 11.1 Å². The van der Waals surface area contributed by atoms with Crippen molar-refractivity contribution in [1.29, 1.82) is 0 Å². The fraction of sp³-hybridized carbons (Fsp3) is 0.478. The highest BCUT2D eigenvalue weighted by Gasteiger charge is 2.50. The van der Waals surface area contributed by atoms with Gasteiger partial charge in [0.25, 0.3) is 0 Å². The number of aromatic nitrogens is 1. The van der Waals surface area contributed by atoms with Crippen molar-refractivity contribution in [3.63, 3.8) is 0 Å². The molecule has 2 fully saturated rings. The predicted molar refractivity (Wildman–Crippen MR) is 112 cm³/mol. The standard InChI is InChI=1S/C23H29FN4O/c1-2-22(29)28(21-14-20(24)15-25-16-21)18-23(8-9-23)27-12-10-26(11-13-27)17-19-6-4-3-5-7-19/h3-7,14-16H,2,8-13,17-18H2,1H3. The van der Waals surface area contributed by atoms with Crippen molar-refractivity contribution < 1.29 is 9.18 Å². The van der Waals surface area contributed by atoms with Crippen LogP contribution in [0.25, 0.3) is 0 Å². The number of nitrogens with zero attached hydrogens (tertiary/aromatic N) is 4. The van der Waals surface area contributed by atoms with Crippen molar-refractivity contribution in [2.24, 2.45) is 0 Å². The summed E-state index contributed by atoms with van der Waals surface area (Å²) < 4.78 is 13.7. The van der Waals surface area contributed by atoms with E-state index in [0.717, 1.165) is 45.6 Å². The molecule has 0 atom stereocenters. The number of halogens is 1. The summed E-state index contributed by atoms with van der Waals surface area (Å²) in [6, 6.07) is 12.0. The molecule has 1 saturated carbocycles. The van der Waals surface area contributed by atoms with Crippen LogP contribution in [0.1, 0.15) is 31.7 Å². The van der Waals surface area contributed by atoms with E-state index in [2.05, 4.69) is 45.1 Å². The number of benzene rings is 1. The number of anilines is 1. The highest BCUT2D eigenvalue weighted by molar-refractivity contribution is 5.93. The van der Waals surface area contributed by atoms with Gasteiger partial charge >= 0.3 is 0 Å². The molecule has 0 bridgehead atoms. The molecule has 2 aliphatic rings. The van der Waals surface area contributed by atoms with Crippen LogP contribution in [0.4, 0.5) is 10.1 Å². The van der Waals surface area contributed by atoms with Crippen molar-refractivity contribution in [3.05, 3.63) is 60.2 Å². The van der Waals surface area contributed by atoms with E-state index >= 15 is 0 Å². The third kappa shape index (κ3) is 4.65. The average Bonchev–Trinajstić information content (AvgIpc) is 3.54. The van der Waals surface area contributed by atoms with Gasteiger partial charge in [0.2, 0.25) is 5.91 Å². The molecule has 1 aliphatic carbocycles. The first-order chi connectivity index (χ1) is 14.1. The summed E-state index contributed by atoms with van der Waals surface area (Å²) in [4.78, 5) is 23.3. The summed E-state index contributed by atoms with van der Waals surface area (Å²) in [6.45, 7) is 7.51. The van der Waals surface area contributed by atoms with Crippen LogP contribution in [0.2, 0.25) is 0 Å². The zero-order valence-corrected chi connectivity index (χ0v) is 17.1. The van der Waals surface area contributed by atoms with Crippen LogP contribution in [0.3, 0.4) is 0 Å². The monoisotopic (exact) mass is 396 g/mol. The molecule has 0 radical (unpaired) electrons. The van der Waals surface area contributed by atoms with E-state index in [4.69, 9.17) is 0 Å². The molecule has 2 aromatic rings. The van der Waals surface area contributed by atoms with Crippen LogP contribution in [0.5, 0.6) is 0 Å². The Morgan fingerprint density at radius 3 is 2.48 bits per heavy atom. The SMILES string of the molecule is CCC(=O)N(CC1(N2CCN(Cc3ccccc3)CC2)CC1)c1cncc(F)c1. The van der Waals surface area contributed by atoms with Crippen LogP contribution in [0.15, 0.2) is 48.8 Å². The Morgan fingerprint density at radius 1 is 1.14 bits per heavy atom. The molecular weight excluding hydrogens is 367 g/mol. The van der Waals surface area contributed by atoms with Gasteiger partial charge in [0.05, 0.1) is 18.1 Å². The third-order valence-electron chi connectivity index (χ3n) is 6.18.